The molecule has 0 aliphatic rings. The summed E-state index contributed by atoms with van der Waals surface area (Å²) >= 11 is 0. The van der Waals surface area contributed by atoms with Crippen LogP contribution < -0.4 is 21.3 Å². The van der Waals surface area contributed by atoms with Crippen molar-refractivity contribution in [1.82, 2.24) is 10.6 Å². The first-order chi connectivity index (χ1) is 13.8. The highest BCUT2D eigenvalue weighted by Crippen LogP contribution is 2.19. The quantitative estimate of drug-likeness (QED) is 0.578. The SMILES string of the molecule is Cc1cccc(C)c1NC(=O)CNC(=O)C(NC(=O)Nc1ccccc1)C(C)C. The molecule has 0 fully saturated rings. The minimum atomic E-state index is -0.772. The average molecular weight is 396 g/mol. The van der Waals surface area contributed by atoms with E-state index in [1.165, 1.54) is 0 Å². The standard InChI is InChI=1S/C22H28N4O3/c1-14(2)19(26-22(29)24-17-11-6-5-7-12-17)21(28)23-13-18(27)25-20-15(3)9-8-10-16(20)4/h5-12,14,19H,13H2,1-4H3,(H,23,28)(H,25,27)(H2,24,26,29). The first-order valence-electron chi connectivity index (χ1n) is 9.54. The van der Waals surface area contributed by atoms with Gasteiger partial charge in [-0.15, -0.1) is 0 Å². The highest BCUT2D eigenvalue weighted by Gasteiger charge is 2.24. The molecule has 0 saturated heterocycles. The summed E-state index contributed by atoms with van der Waals surface area (Å²) in [6.07, 6.45) is 0. The molecule has 154 valence electrons. The number of para-hydroxylation sites is 2. The van der Waals surface area contributed by atoms with Crippen molar-refractivity contribution in [2.75, 3.05) is 17.2 Å². The molecule has 0 radical (unpaired) electrons. The number of carbonyl (C=O) groups is 3. The molecule has 2 rings (SSSR count). The van der Waals surface area contributed by atoms with Crippen LogP contribution in [0.3, 0.4) is 0 Å². The maximum Gasteiger partial charge on any atom is 0.319 e. The summed E-state index contributed by atoms with van der Waals surface area (Å²) < 4.78 is 0. The third-order valence-corrected chi connectivity index (χ3v) is 4.44. The molecule has 7 heteroatoms. The van der Waals surface area contributed by atoms with E-state index in [1.807, 2.05) is 52.0 Å². The zero-order valence-corrected chi connectivity index (χ0v) is 17.2. The van der Waals surface area contributed by atoms with E-state index in [4.69, 9.17) is 0 Å². The molecule has 2 aromatic rings. The number of rotatable bonds is 7. The van der Waals surface area contributed by atoms with Gasteiger partial charge in [0.25, 0.3) is 0 Å². The fourth-order valence-electron chi connectivity index (χ4n) is 2.84. The van der Waals surface area contributed by atoms with Gasteiger partial charge in [-0.25, -0.2) is 4.79 Å². The fraction of sp³-hybridized carbons (Fsp3) is 0.318. The van der Waals surface area contributed by atoms with E-state index in [-0.39, 0.29) is 18.4 Å². The molecule has 1 unspecified atom stereocenters. The Hall–Kier alpha value is -3.35. The average Bonchev–Trinajstić information content (AvgIpc) is 2.68. The minimum absolute atomic E-state index is 0.154. The maximum absolute atomic E-state index is 12.5. The maximum atomic E-state index is 12.5. The van der Waals surface area contributed by atoms with Gasteiger partial charge in [-0.1, -0.05) is 50.2 Å². The molecule has 0 saturated carbocycles. The monoisotopic (exact) mass is 396 g/mol. The Morgan fingerprint density at radius 3 is 2.07 bits per heavy atom. The van der Waals surface area contributed by atoms with Crippen molar-refractivity contribution in [3.63, 3.8) is 0 Å². The lowest BCUT2D eigenvalue weighted by Gasteiger charge is -2.22. The number of anilines is 2. The molecule has 0 bridgehead atoms. The molecule has 0 aromatic heterocycles. The van der Waals surface area contributed by atoms with Crippen molar-refractivity contribution in [1.29, 1.82) is 0 Å². The third-order valence-electron chi connectivity index (χ3n) is 4.44. The van der Waals surface area contributed by atoms with E-state index in [0.29, 0.717) is 5.69 Å². The van der Waals surface area contributed by atoms with E-state index in [0.717, 1.165) is 16.8 Å². The van der Waals surface area contributed by atoms with Crippen LogP contribution in [0.5, 0.6) is 0 Å². The first kappa shape index (κ1) is 21.9. The Labute approximate surface area is 171 Å². The number of hydrogen-bond donors (Lipinski definition) is 4. The van der Waals surface area contributed by atoms with Gasteiger partial charge in [-0.05, 0) is 43.0 Å². The Kier molecular flexibility index (Phi) is 7.77. The summed E-state index contributed by atoms with van der Waals surface area (Å²) in [5.74, 6) is -0.898. The number of amides is 4. The molecule has 0 heterocycles. The van der Waals surface area contributed by atoms with E-state index in [1.54, 1.807) is 24.3 Å². The van der Waals surface area contributed by atoms with Crippen LogP contribution in [-0.2, 0) is 9.59 Å². The molecule has 29 heavy (non-hydrogen) atoms. The Morgan fingerprint density at radius 2 is 1.48 bits per heavy atom. The lowest BCUT2D eigenvalue weighted by molar-refractivity contribution is -0.126. The van der Waals surface area contributed by atoms with Gasteiger partial charge in [0.2, 0.25) is 11.8 Å². The van der Waals surface area contributed by atoms with Gasteiger partial charge < -0.3 is 21.3 Å². The molecule has 0 aliphatic carbocycles. The van der Waals surface area contributed by atoms with E-state index in [9.17, 15) is 14.4 Å². The van der Waals surface area contributed by atoms with Gasteiger partial charge in [-0.3, -0.25) is 9.59 Å². The van der Waals surface area contributed by atoms with Crippen LogP contribution in [0.1, 0.15) is 25.0 Å². The van der Waals surface area contributed by atoms with Gasteiger partial charge in [-0.2, -0.15) is 0 Å². The number of aryl methyl sites for hydroxylation is 2. The predicted molar refractivity (Wildman–Crippen MR) is 115 cm³/mol. The topological polar surface area (TPSA) is 99.3 Å². The van der Waals surface area contributed by atoms with E-state index in [2.05, 4.69) is 21.3 Å². The molecular weight excluding hydrogens is 368 g/mol. The summed E-state index contributed by atoms with van der Waals surface area (Å²) in [5, 5.41) is 10.8. The molecule has 1 atom stereocenters. The minimum Gasteiger partial charge on any atom is -0.345 e. The molecular formula is C22H28N4O3. The van der Waals surface area contributed by atoms with Crippen LogP contribution in [0, 0.1) is 19.8 Å². The predicted octanol–water partition coefficient (Wildman–Crippen LogP) is 3.20. The Balaban J connectivity index is 1.90. The van der Waals surface area contributed by atoms with Gasteiger partial charge >= 0.3 is 6.03 Å². The van der Waals surface area contributed by atoms with Crippen LogP contribution in [-0.4, -0.2) is 30.4 Å². The molecule has 0 spiro atoms. The van der Waals surface area contributed by atoms with Crippen molar-refractivity contribution in [3.05, 3.63) is 59.7 Å². The highest BCUT2D eigenvalue weighted by atomic mass is 16.2. The van der Waals surface area contributed by atoms with Crippen molar-refractivity contribution < 1.29 is 14.4 Å². The number of urea groups is 1. The van der Waals surface area contributed by atoms with Crippen molar-refractivity contribution >= 4 is 29.2 Å². The van der Waals surface area contributed by atoms with Gasteiger partial charge in [0.1, 0.15) is 6.04 Å². The van der Waals surface area contributed by atoms with Gasteiger partial charge in [0, 0.05) is 11.4 Å². The second-order valence-electron chi connectivity index (χ2n) is 7.22. The van der Waals surface area contributed by atoms with Crippen LogP contribution in [0.4, 0.5) is 16.2 Å². The number of carbonyl (C=O) groups excluding carboxylic acids is 3. The molecule has 0 aliphatic heterocycles. The lowest BCUT2D eigenvalue weighted by Crippen LogP contribution is -2.52. The first-order valence-corrected chi connectivity index (χ1v) is 9.54. The molecule has 4 amide bonds. The Bertz CT molecular complexity index is 845. The van der Waals surface area contributed by atoms with Crippen LogP contribution in [0.25, 0.3) is 0 Å². The number of hydrogen-bond acceptors (Lipinski definition) is 3. The summed E-state index contributed by atoms with van der Waals surface area (Å²) in [6, 6.07) is 13.4. The van der Waals surface area contributed by atoms with Crippen LogP contribution in [0.15, 0.2) is 48.5 Å². The zero-order chi connectivity index (χ0) is 21.4. The third kappa shape index (κ3) is 6.64. The van der Waals surface area contributed by atoms with E-state index >= 15 is 0 Å². The Morgan fingerprint density at radius 1 is 0.862 bits per heavy atom. The van der Waals surface area contributed by atoms with Gasteiger partial charge in [0.05, 0.1) is 6.54 Å². The van der Waals surface area contributed by atoms with Crippen molar-refractivity contribution in [3.8, 4) is 0 Å². The summed E-state index contributed by atoms with van der Waals surface area (Å²) in [6.45, 7) is 7.28. The lowest BCUT2D eigenvalue weighted by atomic mass is 10.0. The zero-order valence-electron chi connectivity index (χ0n) is 17.2. The fourth-order valence-corrected chi connectivity index (χ4v) is 2.84. The summed E-state index contributed by atoms with van der Waals surface area (Å²) in [7, 11) is 0. The van der Waals surface area contributed by atoms with E-state index < -0.39 is 18.0 Å². The summed E-state index contributed by atoms with van der Waals surface area (Å²) in [4.78, 5) is 37.0. The van der Waals surface area contributed by atoms with Crippen molar-refractivity contribution in [2.45, 2.75) is 33.7 Å². The largest absolute Gasteiger partial charge is 0.345 e. The smallest absolute Gasteiger partial charge is 0.319 e. The second-order valence-corrected chi connectivity index (χ2v) is 7.22. The molecule has 7 nitrogen and oxygen atoms in total. The normalized spacial score (nSPS) is 11.5. The van der Waals surface area contributed by atoms with Crippen molar-refractivity contribution in [2.24, 2.45) is 5.92 Å². The second kappa shape index (κ2) is 10.3. The molecule has 2 aromatic carbocycles. The van der Waals surface area contributed by atoms with Crippen LogP contribution >= 0.6 is 0 Å². The number of nitrogens with one attached hydrogen (secondary N) is 4. The highest BCUT2D eigenvalue weighted by molar-refractivity contribution is 5.98. The number of benzene rings is 2. The molecule has 4 N–H and O–H groups in total. The summed E-state index contributed by atoms with van der Waals surface area (Å²) in [5.41, 5.74) is 3.27. The van der Waals surface area contributed by atoms with Crippen LogP contribution in [0.2, 0.25) is 0 Å². The van der Waals surface area contributed by atoms with Gasteiger partial charge in [0.15, 0.2) is 0 Å².